The van der Waals surface area contributed by atoms with Crippen LogP contribution < -0.4 is 5.32 Å². The highest BCUT2D eigenvalue weighted by Crippen LogP contribution is 2.24. The minimum Gasteiger partial charge on any atom is -0.480 e. The molecule has 1 aliphatic carbocycles. The van der Waals surface area contributed by atoms with Gasteiger partial charge in [-0.3, -0.25) is 9.48 Å². The van der Waals surface area contributed by atoms with Gasteiger partial charge in [0.15, 0.2) is 0 Å². The Bertz CT molecular complexity index is 879. The maximum atomic E-state index is 10.7. The molecule has 1 aliphatic rings. The van der Waals surface area contributed by atoms with Gasteiger partial charge in [0.2, 0.25) is 5.95 Å². The first-order chi connectivity index (χ1) is 12.2. The molecule has 25 heavy (non-hydrogen) atoms. The van der Waals surface area contributed by atoms with Crippen LogP contribution >= 0.6 is 0 Å². The zero-order valence-electron chi connectivity index (χ0n) is 13.5. The van der Waals surface area contributed by atoms with Crippen molar-refractivity contribution in [1.82, 2.24) is 19.7 Å². The van der Waals surface area contributed by atoms with Crippen molar-refractivity contribution in [2.45, 2.75) is 25.4 Å². The predicted octanol–water partition coefficient (Wildman–Crippen LogP) is 2.00. The fourth-order valence-corrected chi connectivity index (χ4v) is 3.13. The van der Waals surface area contributed by atoms with Crippen LogP contribution in [0.3, 0.4) is 0 Å². The number of benzene rings is 1. The first-order valence-electron chi connectivity index (χ1n) is 8.07. The number of hydrogen-bond donors (Lipinski definition) is 2. The number of rotatable bonds is 5. The van der Waals surface area contributed by atoms with Gasteiger partial charge in [-0.15, -0.1) is 0 Å². The van der Waals surface area contributed by atoms with E-state index in [-0.39, 0.29) is 6.54 Å². The molecule has 1 aromatic carbocycles. The van der Waals surface area contributed by atoms with Crippen molar-refractivity contribution in [1.29, 1.82) is 0 Å². The second-order valence-electron chi connectivity index (χ2n) is 6.13. The smallest absolute Gasteiger partial charge is 0.325 e. The molecule has 0 fully saturated rings. The van der Waals surface area contributed by atoms with Crippen molar-refractivity contribution in [3.05, 3.63) is 60.2 Å². The van der Waals surface area contributed by atoms with Crippen LogP contribution in [-0.4, -0.2) is 36.9 Å². The highest BCUT2D eigenvalue weighted by molar-refractivity contribution is 5.67. The third-order valence-corrected chi connectivity index (χ3v) is 4.30. The Hall–Kier alpha value is -3.22. The van der Waals surface area contributed by atoms with Crippen LogP contribution in [0.5, 0.6) is 0 Å². The van der Waals surface area contributed by atoms with E-state index in [1.807, 2.05) is 0 Å². The number of carboxylic acid groups (broad SMARTS) is 1. The third kappa shape index (κ3) is 3.35. The second kappa shape index (κ2) is 6.35. The fourth-order valence-electron chi connectivity index (χ4n) is 3.13. The topological polar surface area (TPSA) is 92.9 Å². The summed E-state index contributed by atoms with van der Waals surface area (Å²) >= 11 is 0. The number of aromatic nitrogens is 4. The van der Waals surface area contributed by atoms with Crippen molar-refractivity contribution in [3.63, 3.8) is 0 Å². The van der Waals surface area contributed by atoms with Gasteiger partial charge in [0, 0.05) is 35.8 Å². The first kappa shape index (κ1) is 15.3. The molecule has 0 atom stereocenters. The summed E-state index contributed by atoms with van der Waals surface area (Å²) in [5.74, 6) is -0.331. The number of aliphatic carboxylic acids is 1. The minimum absolute atomic E-state index is 0.164. The minimum atomic E-state index is -0.928. The van der Waals surface area contributed by atoms with Crippen molar-refractivity contribution in [2.75, 3.05) is 5.32 Å². The Morgan fingerprint density at radius 3 is 2.44 bits per heavy atom. The highest BCUT2D eigenvalue weighted by atomic mass is 16.4. The molecule has 3 aromatic rings. The lowest BCUT2D eigenvalue weighted by atomic mass is 10.1. The molecule has 0 saturated carbocycles. The van der Waals surface area contributed by atoms with E-state index in [0.29, 0.717) is 12.0 Å². The molecule has 0 amide bonds. The van der Waals surface area contributed by atoms with Crippen molar-refractivity contribution in [3.8, 4) is 11.1 Å². The molecule has 7 nitrogen and oxygen atoms in total. The zero-order chi connectivity index (χ0) is 17.2. The molecule has 2 aromatic heterocycles. The number of fused-ring (bicyclic) bond motifs is 1. The molecule has 7 heteroatoms. The molecule has 4 rings (SSSR count). The summed E-state index contributed by atoms with van der Waals surface area (Å²) in [5.41, 5.74) is 4.35. The lowest BCUT2D eigenvalue weighted by molar-refractivity contribution is -0.137. The Morgan fingerprint density at radius 2 is 1.80 bits per heavy atom. The number of nitrogens with one attached hydrogen (secondary N) is 1. The summed E-state index contributed by atoms with van der Waals surface area (Å²) in [4.78, 5) is 19.5. The number of anilines is 1. The summed E-state index contributed by atoms with van der Waals surface area (Å²) in [7, 11) is 0. The van der Waals surface area contributed by atoms with E-state index in [2.05, 4.69) is 44.6 Å². The van der Waals surface area contributed by atoms with E-state index >= 15 is 0 Å². The molecule has 2 heterocycles. The number of nitrogens with zero attached hydrogens (tertiary/aromatic N) is 4. The average molecular weight is 335 g/mol. The Morgan fingerprint density at radius 1 is 1.12 bits per heavy atom. The fraction of sp³-hybridized carbons (Fsp3) is 0.222. The van der Waals surface area contributed by atoms with Crippen LogP contribution in [0.4, 0.5) is 5.95 Å². The molecule has 0 unspecified atom stereocenters. The molecule has 2 N–H and O–H groups in total. The predicted molar refractivity (Wildman–Crippen MR) is 92.1 cm³/mol. The van der Waals surface area contributed by atoms with Crippen LogP contribution in [-0.2, 0) is 24.2 Å². The van der Waals surface area contributed by atoms with Crippen molar-refractivity contribution in [2.24, 2.45) is 0 Å². The van der Waals surface area contributed by atoms with E-state index in [1.165, 1.54) is 15.8 Å². The van der Waals surface area contributed by atoms with Crippen LogP contribution in [0, 0.1) is 0 Å². The van der Waals surface area contributed by atoms with E-state index in [1.54, 1.807) is 24.8 Å². The standard InChI is InChI=1S/C18H17N5O2/c24-17(25)11-23-10-15(9-21-23)14-7-19-18(20-8-14)22-16-5-12-3-1-2-4-13(12)6-16/h1-4,7-10,16H,5-6,11H2,(H,24,25)(H,19,20,22). The summed E-state index contributed by atoms with van der Waals surface area (Å²) < 4.78 is 1.37. The van der Waals surface area contributed by atoms with Gasteiger partial charge in [0.05, 0.1) is 6.20 Å². The van der Waals surface area contributed by atoms with E-state index in [4.69, 9.17) is 5.11 Å². The molecule has 0 bridgehead atoms. The maximum Gasteiger partial charge on any atom is 0.325 e. The molecular weight excluding hydrogens is 318 g/mol. The zero-order valence-corrected chi connectivity index (χ0v) is 13.5. The summed E-state index contributed by atoms with van der Waals surface area (Å²) in [5, 5.41) is 16.2. The SMILES string of the molecule is O=C(O)Cn1cc(-c2cnc(NC3Cc4ccccc4C3)nc2)cn1. The van der Waals surface area contributed by atoms with Crippen LogP contribution in [0.25, 0.3) is 11.1 Å². The van der Waals surface area contributed by atoms with Crippen LogP contribution in [0.2, 0.25) is 0 Å². The molecular formula is C18H17N5O2. The van der Waals surface area contributed by atoms with Crippen LogP contribution in [0.15, 0.2) is 49.1 Å². The van der Waals surface area contributed by atoms with Gasteiger partial charge in [-0.05, 0) is 24.0 Å². The van der Waals surface area contributed by atoms with Crippen molar-refractivity contribution >= 4 is 11.9 Å². The van der Waals surface area contributed by atoms with Gasteiger partial charge in [0.25, 0.3) is 0 Å². The Balaban J connectivity index is 1.42. The van der Waals surface area contributed by atoms with Gasteiger partial charge in [-0.2, -0.15) is 5.10 Å². The highest BCUT2D eigenvalue weighted by Gasteiger charge is 2.21. The Kier molecular flexibility index (Phi) is 3.89. The molecule has 0 radical (unpaired) electrons. The quantitative estimate of drug-likeness (QED) is 0.741. The first-order valence-corrected chi connectivity index (χ1v) is 8.07. The summed E-state index contributed by atoms with van der Waals surface area (Å²) in [6, 6.07) is 8.76. The molecule has 0 saturated heterocycles. The molecule has 0 spiro atoms. The van der Waals surface area contributed by atoms with Gasteiger partial charge in [0.1, 0.15) is 6.54 Å². The summed E-state index contributed by atoms with van der Waals surface area (Å²) in [6.45, 7) is -0.164. The van der Waals surface area contributed by atoms with Gasteiger partial charge in [-0.25, -0.2) is 9.97 Å². The van der Waals surface area contributed by atoms with E-state index in [9.17, 15) is 4.79 Å². The second-order valence-corrected chi connectivity index (χ2v) is 6.13. The van der Waals surface area contributed by atoms with Gasteiger partial charge < -0.3 is 10.4 Å². The number of hydrogen-bond acceptors (Lipinski definition) is 5. The lowest BCUT2D eigenvalue weighted by Gasteiger charge is -2.11. The normalized spacial score (nSPS) is 13.6. The monoisotopic (exact) mass is 335 g/mol. The van der Waals surface area contributed by atoms with E-state index in [0.717, 1.165) is 24.0 Å². The van der Waals surface area contributed by atoms with E-state index < -0.39 is 5.97 Å². The maximum absolute atomic E-state index is 10.7. The molecule has 0 aliphatic heterocycles. The largest absolute Gasteiger partial charge is 0.480 e. The number of carboxylic acids is 1. The van der Waals surface area contributed by atoms with Crippen molar-refractivity contribution < 1.29 is 9.90 Å². The van der Waals surface area contributed by atoms with Crippen LogP contribution in [0.1, 0.15) is 11.1 Å². The molecule has 126 valence electrons. The number of carbonyl (C=O) groups is 1. The Labute approximate surface area is 144 Å². The third-order valence-electron chi connectivity index (χ3n) is 4.30. The summed E-state index contributed by atoms with van der Waals surface area (Å²) in [6.07, 6.45) is 8.68. The lowest BCUT2D eigenvalue weighted by Crippen LogP contribution is -2.20. The van der Waals surface area contributed by atoms with Gasteiger partial charge in [-0.1, -0.05) is 24.3 Å². The van der Waals surface area contributed by atoms with Gasteiger partial charge >= 0.3 is 5.97 Å². The average Bonchev–Trinajstić information content (AvgIpc) is 3.21.